The van der Waals surface area contributed by atoms with E-state index in [4.69, 9.17) is 5.21 Å². The molecule has 12 heavy (non-hydrogen) atoms. The van der Waals surface area contributed by atoms with Crippen molar-refractivity contribution in [1.82, 2.24) is 25.3 Å². The van der Waals surface area contributed by atoms with Gasteiger partial charge < -0.3 is 5.21 Å². The number of hydroxylamine groups is 2. The molecule has 0 aliphatic heterocycles. The summed E-state index contributed by atoms with van der Waals surface area (Å²) in [5.41, 5.74) is 0. The monoisotopic (exact) mass is 171 g/mol. The quantitative estimate of drug-likeness (QED) is 0.641. The van der Waals surface area contributed by atoms with Gasteiger partial charge in [-0.25, -0.2) is 0 Å². The van der Waals surface area contributed by atoms with Crippen LogP contribution in [0.3, 0.4) is 0 Å². The Morgan fingerprint density at radius 2 is 2.33 bits per heavy atom. The summed E-state index contributed by atoms with van der Waals surface area (Å²) in [5, 5.41) is 21.5. The summed E-state index contributed by atoms with van der Waals surface area (Å²) in [5.74, 6) is 0.536. The Hall–Kier alpha value is -1.01. The van der Waals surface area contributed by atoms with Gasteiger partial charge in [0.1, 0.15) is 0 Å². The highest BCUT2D eigenvalue weighted by Crippen LogP contribution is 1.91. The van der Waals surface area contributed by atoms with Crippen LogP contribution in [0.5, 0.6) is 0 Å². The fourth-order valence-corrected chi connectivity index (χ4v) is 0.839. The molecular weight excluding hydrogens is 158 g/mol. The number of hydrogen-bond acceptors (Lipinski definition) is 5. The Labute approximate surface area is 70.7 Å². The summed E-state index contributed by atoms with van der Waals surface area (Å²) < 4.78 is 0. The summed E-state index contributed by atoms with van der Waals surface area (Å²) in [7, 11) is 1.54. The third kappa shape index (κ3) is 2.55. The van der Waals surface area contributed by atoms with Gasteiger partial charge in [0.05, 0.1) is 13.1 Å². The van der Waals surface area contributed by atoms with E-state index >= 15 is 0 Å². The maximum Gasteiger partial charge on any atom is 0.191 e. The van der Waals surface area contributed by atoms with Crippen LogP contribution >= 0.6 is 0 Å². The molecule has 6 heteroatoms. The zero-order valence-corrected chi connectivity index (χ0v) is 7.30. The number of aromatic nitrogens is 4. The van der Waals surface area contributed by atoms with Crippen LogP contribution in [0.4, 0.5) is 0 Å². The molecule has 0 radical (unpaired) electrons. The van der Waals surface area contributed by atoms with Gasteiger partial charge in [-0.3, -0.25) is 0 Å². The molecule has 0 aromatic carbocycles. The van der Waals surface area contributed by atoms with Crippen molar-refractivity contribution >= 4 is 0 Å². The lowest BCUT2D eigenvalue weighted by molar-refractivity contribution is -0.0751. The van der Waals surface area contributed by atoms with E-state index in [2.05, 4.69) is 15.4 Å². The van der Waals surface area contributed by atoms with Gasteiger partial charge in [0.15, 0.2) is 5.82 Å². The molecule has 1 aromatic rings. The summed E-state index contributed by atoms with van der Waals surface area (Å²) in [6.07, 6.45) is 0.977. The zero-order chi connectivity index (χ0) is 8.97. The van der Waals surface area contributed by atoms with Crippen molar-refractivity contribution in [2.45, 2.75) is 26.4 Å². The first-order chi connectivity index (χ1) is 5.72. The standard InChI is InChI=1S/C6H13N5O/c1-3-4-11-8-6(7-9-11)5-10(2)12/h12H,3-5H2,1-2H3. The number of rotatable bonds is 4. The van der Waals surface area contributed by atoms with E-state index in [1.54, 1.807) is 7.05 Å². The first kappa shape index (κ1) is 9.08. The van der Waals surface area contributed by atoms with E-state index in [-0.39, 0.29) is 0 Å². The van der Waals surface area contributed by atoms with Crippen LogP contribution in [0.2, 0.25) is 0 Å². The average molecular weight is 171 g/mol. The van der Waals surface area contributed by atoms with Crippen molar-refractivity contribution < 1.29 is 5.21 Å². The fraction of sp³-hybridized carbons (Fsp3) is 0.833. The van der Waals surface area contributed by atoms with E-state index < -0.39 is 0 Å². The molecule has 0 unspecified atom stereocenters. The molecule has 1 aromatic heterocycles. The summed E-state index contributed by atoms with van der Waals surface area (Å²) in [6.45, 7) is 3.12. The second kappa shape index (κ2) is 4.13. The molecule has 0 saturated carbocycles. The van der Waals surface area contributed by atoms with Gasteiger partial charge in [-0.15, -0.1) is 10.2 Å². The van der Waals surface area contributed by atoms with Crippen LogP contribution in [-0.2, 0) is 13.1 Å². The molecular formula is C6H13N5O. The van der Waals surface area contributed by atoms with Gasteiger partial charge in [0.25, 0.3) is 0 Å². The Morgan fingerprint density at radius 3 is 2.92 bits per heavy atom. The van der Waals surface area contributed by atoms with Gasteiger partial charge in [-0.1, -0.05) is 6.92 Å². The Morgan fingerprint density at radius 1 is 1.58 bits per heavy atom. The van der Waals surface area contributed by atoms with Crippen molar-refractivity contribution in [3.05, 3.63) is 5.82 Å². The third-order valence-corrected chi connectivity index (χ3v) is 1.29. The Bertz CT molecular complexity index is 234. The number of nitrogens with zero attached hydrogens (tertiary/aromatic N) is 5. The Balaban J connectivity index is 2.52. The molecule has 0 aliphatic carbocycles. The summed E-state index contributed by atoms with van der Waals surface area (Å²) in [4.78, 5) is 1.53. The minimum atomic E-state index is 0.309. The van der Waals surface area contributed by atoms with Crippen molar-refractivity contribution in [3.8, 4) is 0 Å². The molecule has 1 heterocycles. The van der Waals surface area contributed by atoms with Crippen molar-refractivity contribution in [2.24, 2.45) is 0 Å². The van der Waals surface area contributed by atoms with Crippen molar-refractivity contribution in [2.75, 3.05) is 7.05 Å². The van der Waals surface area contributed by atoms with Crippen LogP contribution in [0, 0.1) is 0 Å². The number of tetrazole rings is 1. The van der Waals surface area contributed by atoms with Gasteiger partial charge in [-0.05, 0) is 11.6 Å². The number of aryl methyl sites for hydroxylation is 1. The second-order valence-electron chi connectivity index (χ2n) is 2.62. The van der Waals surface area contributed by atoms with Crippen LogP contribution in [0.15, 0.2) is 0 Å². The van der Waals surface area contributed by atoms with E-state index in [0.717, 1.165) is 18.0 Å². The highest BCUT2D eigenvalue weighted by Gasteiger charge is 2.03. The van der Waals surface area contributed by atoms with Gasteiger partial charge in [-0.2, -0.15) is 9.86 Å². The highest BCUT2D eigenvalue weighted by molar-refractivity contribution is 4.73. The van der Waals surface area contributed by atoms with Gasteiger partial charge >= 0.3 is 0 Å². The molecule has 0 atom stereocenters. The van der Waals surface area contributed by atoms with E-state index in [1.165, 1.54) is 4.80 Å². The smallest absolute Gasteiger partial charge is 0.191 e. The zero-order valence-electron chi connectivity index (χ0n) is 7.30. The molecule has 0 amide bonds. The largest absolute Gasteiger partial charge is 0.314 e. The molecule has 0 fully saturated rings. The lowest BCUT2D eigenvalue weighted by Crippen LogP contribution is -2.13. The maximum atomic E-state index is 8.86. The maximum absolute atomic E-state index is 8.86. The summed E-state index contributed by atoms with van der Waals surface area (Å²) >= 11 is 0. The predicted octanol–water partition coefficient (Wildman–Crippen LogP) is -0.0959. The molecule has 0 spiro atoms. The van der Waals surface area contributed by atoms with Crippen LogP contribution in [0.1, 0.15) is 19.2 Å². The lowest BCUT2D eigenvalue weighted by Gasteiger charge is -2.01. The second-order valence-corrected chi connectivity index (χ2v) is 2.62. The molecule has 6 nitrogen and oxygen atoms in total. The van der Waals surface area contributed by atoms with E-state index in [0.29, 0.717) is 12.4 Å². The first-order valence-corrected chi connectivity index (χ1v) is 3.89. The van der Waals surface area contributed by atoms with Gasteiger partial charge in [0, 0.05) is 7.05 Å². The molecule has 1 rings (SSSR count). The topological polar surface area (TPSA) is 67.1 Å². The van der Waals surface area contributed by atoms with E-state index in [9.17, 15) is 0 Å². The first-order valence-electron chi connectivity index (χ1n) is 3.89. The highest BCUT2D eigenvalue weighted by atomic mass is 16.5. The number of hydrogen-bond donors (Lipinski definition) is 1. The van der Waals surface area contributed by atoms with Crippen molar-refractivity contribution in [1.29, 1.82) is 0 Å². The summed E-state index contributed by atoms with van der Waals surface area (Å²) in [6, 6.07) is 0. The molecule has 0 bridgehead atoms. The normalized spacial score (nSPS) is 11.0. The van der Waals surface area contributed by atoms with Crippen LogP contribution in [0.25, 0.3) is 0 Å². The molecule has 0 aliphatic rings. The lowest BCUT2D eigenvalue weighted by atomic mass is 10.5. The Kier molecular flexibility index (Phi) is 3.12. The minimum Gasteiger partial charge on any atom is -0.314 e. The SMILES string of the molecule is CCCn1nnc(CN(C)O)n1. The van der Waals surface area contributed by atoms with Crippen LogP contribution < -0.4 is 0 Å². The van der Waals surface area contributed by atoms with Gasteiger partial charge in [0.2, 0.25) is 0 Å². The third-order valence-electron chi connectivity index (χ3n) is 1.29. The average Bonchev–Trinajstić information content (AvgIpc) is 2.36. The van der Waals surface area contributed by atoms with E-state index in [1.807, 2.05) is 6.92 Å². The fourth-order valence-electron chi connectivity index (χ4n) is 0.839. The molecule has 1 N–H and O–H groups in total. The predicted molar refractivity (Wildman–Crippen MR) is 41.4 cm³/mol. The molecule has 0 saturated heterocycles. The minimum absolute atomic E-state index is 0.309. The van der Waals surface area contributed by atoms with Crippen LogP contribution in [-0.4, -0.2) is 37.5 Å². The van der Waals surface area contributed by atoms with Crippen molar-refractivity contribution in [3.63, 3.8) is 0 Å². The molecule has 68 valence electrons.